The molecule has 2 aliphatic rings. The minimum Gasteiger partial charge on any atom is -0.449 e. The second kappa shape index (κ2) is 7.79. The van der Waals surface area contributed by atoms with Gasteiger partial charge in [0.25, 0.3) is 5.91 Å². The van der Waals surface area contributed by atoms with Gasteiger partial charge in [0.05, 0.1) is 11.8 Å². The molecule has 1 fully saturated rings. The summed E-state index contributed by atoms with van der Waals surface area (Å²) in [7, 11) is 2.95. The number of hydrogen-bond donors (Lipinski definition) is 2. The van der Waals surface area contributed by atoms with Crippen LogP contribution in [0.4, 0.5) is 15.9 Å². The number of nitrogens with one attached hydrogen (secondary N) is 1. The number of aromatic nitrogens is 2. The van der Waals surface area contributed by atoms with E-state index in [0.29, 0.717) is 5.13 Å². The van der Waals surface area contributed by atoms with Gasteiger partial charge in [0, 0.05) is 24.7 Å². The van der Waals surface area contributed by atoms with Gasteiger partial charge in [-0.1, -0.05) is 5.16 Å². The van der Waals surface area contributed by atoms with E-state index in [0.717, 1.165) is 17.7 Å². The zero-order valence-electron chi connectivity index (χ0n) is 14.1. The van der Waals surface area contributed by atoms with Crippen molar-refractivity contribution in [1.82, 2.24) is 14.3 Å². The van der Waals surface area contributed by atoms with Crippen molar-refractivity contribution in [3.63, 3.8) is 0 Å². The van der Waals surface area contributed by atoms with E-state index in [1.807, 2.05) is 0 Å². The highest BCUT2D eigenvalue weighted by atomic mass is 32.2. The van der Waals surface area contributed by atoms with Gasteiger partial charge in [0.2, 0.25) is 22.9 Å². The first kappa shape index (κ1) is 18.9. The van der Waals surface area contributed by atoms with Gasteiger partial charge in [-0.25, -0.2) is 4.79 Å². The van der Waals surface area contributed by atoms with E-state index in [2.05, 4.69) is 24.7 Å². The number of anilines is 2. The van der Waals surface area contributed by atoms with Crippen molar-refractivity contribution in [3.8, 4) is 0 Å². The molecule has 2 aliphatic heterocycles. The zero-order chi connectivity index (χ0) is 19.6. The normalized spacial score (nSPS) is 21.2. The van der Waals surface area contributed by atoms with E-state index in [4.69, 9.17) is 9.84 Å². The molecule has 2 amide bonds. The van der Waals surface area contributed by atoms with Crippen LogP contribution in [0.5, 0.6) is 0 Å². The molecule has 144 valence electrons. The molecule has 0 saturated carbocycles. The van der Waals surface area contributed by atoms with E-state index >= 15 is 0 Å². The summed E-state index contributed by atoms with van der Waals surface area (Å²) in [6.45, 7) is 0. The largest absolute Gasteiger partial charge is 0.512 e. The van der Waals surface area contributed by atoms with Gasteiger partial charge in [-0.2, -0.15) is 9.36 Å². The Morgan fingerprint density at radius 2 is 2.33 bits per heavy atom. The zero-order valence-corrected chi connectivity index (χ0v) is 15.7. The molecule has 27 heavy (non-hydrogen) atoms. The maximum atomic E-state index is 12.6. The van der Waals surface area contributed by atoms with Crippen LogP contribution >= 0.6 is 23.3 Å². The summed E-state index contributed by atoms with van der Waals surface area (Å²) < 4.78 is 8.87. The number of nitrogens with zero attached hydrogens (tertiary/aromatic N) is 5. The van der Waals surface area contributed by atoms with Crippen molar-refractivity contribution in [2.24, 2.45) is 5.16 Å². The van der Waals surface area contributed by atoms with Gasteiger partial charge in [0.1, 0.15) is 18.7 Å². The SMILES string of the molecule is CNc1nc(N(C(=O)C=NOC)C2C=C(OC(=O)O)N3C(=O)C[C@@H]3S2)ns1. The monoisotopic (exact) mass is 414 g/mol. The van der Waals surface area contributed by atoms with Crippen LogP contribution in [0.15, 0.2) is 17.1 Å². The number of fused-ring (bicyclic) bond motifs is 1. The first-order chi connectivity index (χ1) is 12.9. The second-order valence-electron chi connectivity index (χ2n) is 5.10. The lowest BCUT2D eigenvalue weighted by atomic mass is 10.2. The number of β-lactam (4-membered cyclic amide) rings is 1. The molecule has 14 heteroatoms. The number of carbonyl (C=O) groups is 3. The molecule has 1 saturated heterocycles. The minimum atomic E-state index is -1.56. The highest BCUT2D eigenvalue weighted by Crippen LogP contribution is 2.42. The molecular formula is C13H14N6O6S2. The number of hydrogen-bond acceptors (Lipinski definition) is 11. The molecule has 0 aromatic carbocycles. The van der Waals surface area contributed by atoms with Crippen LogP contribution in [0.3, 0.4) is 0 Å². The molecule has 2 atom stereocenters. The van der Waals surface area contributed by atoms with Crippen LogP contribution in [0.25, 0.3) is 0 Å². The standard InChI is InChI=1S/C13H14N6O6S2/c1-14-12-16-11(17-27-12)19(7(21)5-15-24-2)10-4-8(25-13(22)23)18-6(20)3-9(18)26-10/h4-5,9-10H,3H2,1-2H3,(H,22,23)(H,14,16,17)/t9-,10?/m0/s1. The molecule has 1 unspecified atom stereocenters. The molecule has 1 aromatic rings. The summed E-state index contributed by atoms with van der Waals surface area (Å²) in [6.07, 6.45) is 0.936. The highest BCUT2D eigenvalue weighted by Gasteiger charge is 2.47. The fourth-order valence-corrected chi connectivity index (χ4v) is 4.31. The van der Waals surface area contributed by atoms with Gasteiger partial charge < -0.3 is 20.0 Å². The van der Waals surface area contributed by atoms with E-state index in [1.165, 1.54) is 34.7 Å². The Kier molecular flexibility index (Phi) is 5.46. The summed E-state index contributed by atoms with van der Waals surface area (Å²) in [6, 6.07) is 0. The fraction of sp³-hybridized carbons (Fsp3) is 0.385. The van der Waals surface area contributed by atoms with Crippen LogP contribution in [-0.2, 0) is 19.2 Å². The molecule has 0 spiro atoms. The van der Waals surface area contributed by atoms with Gasteiger partial charge in [-0.05, 0) is 0 Å². The predicted octanol–water partition coefficient (Wildman–Crippen LogP) is 0.712. The van der Waals surface area contributed by atoms with Crippen molar-refractivity contribution >= 4 is 58.6 Å². The third-order valence-corrected chi connectivity index (χ3v) is 5.56. The van der Waals surface area contributed by atoms with Crippen molar-refractivity contribution in [2.45, 2.75) is 17.2 Å². The van der Waals surface area contributed by atoms with Crippen molar-refractivity contribution in [3.05, 3.63) is 12.0 Å². The van der Waals surface area contributed by atoms with Crippen molar-refractivity contribution in [2.75, 3.05) is 24.4 Å². The van der Waals surface area contributed by atoms with Gasteiger partial charge in [0.15, 0.2) is 0 Å². The summed E-state index contributed by atoms with van der Waals surface area (Å²) >= 11 is 2.31. The summed E-state index contributed by atoms with van der Waals surface area (Å²) in [5.74, 6) is -0.904. The quantitative estimate of drug-likeness (QED) is 0.295. The molecule has 12 nitrogen and oxygen atoms in total. The predicted molar refractivity (Wildman–Crippen MR) is 96.3 cm³/mol. The second-order valence-corrected chi connectivity index (χ2v) is 7.15. The lowest BCUT2D eigenvalue weighted by Gasteiger charge is -2.45. The smallest absolute Gasteiger partial charge is 0.449 e. The number of thioether (sulfide) groups is 1. The van der Waals surface area contributed by atoms with Gasteiger partial charge in [-0.15, -0.1) is 11.8 Å². The Balaban J connectivity index is 1.97. The number of carbonyl (C=O) groups excluding carboxylic acids is 2. The van der Waals surface area contributed by atoms with E-state index in [-0.39, 0.29) is 29.5 Å². The maximum absolute atomic E-state index is 12.6. The molecule has 3 rings (SSSR count). The van der Waals surface area contributed by atoms with E-state index in [9.17, 15) is 14.4 Å². The average molecular weight is 414 g/mol. The number of rotatable bonds is 6. The Bertz CT molecular complexity index is 826. The molecule has 3 heterocycles. The molecule has 0 bridgehead atoms. The fourth-order valence-electron chi connectivity index (χ4n) is 2.38. The van der Waals surface area contributed by atoms with Crippen LogP contribution in [0.1, 0.15) is 6.42 Å². The number of amides is 2. The Labute approximate surface area is 161 Å². The summed E-state index contributed by atoms with van der Waals surface area (Å²) in [4.78, 5) is 46.6. The lowest BCUT2D eigenvalue weighted by molar-refractivity contribution is -0.141. The maximum Gasteiger partial charge on any atom is 0.512 e. The highest BCUT2D eigenvalue weighted by molar-refractivity contribution is 8.00. The Morgan fingerprint density at radius 1 is 1.56 bits per heavy atom. The van der Waals surface area contributed by atoms with Crippen molar-refractivity contribution < 1.29 is 29.1 Å². The molecule has 0 aliphatic carbocycles. The Hall–Kier alpha value is -2.87. The minimum absolute atomic E-state index is 0.0967. The Morgan fingerprint density at radius 3 is 2.93 bits per heavy atom. The first-order valence-corrected chi connectivity index (χ1v) is 9.17. The summed E-state index contributed by atoms with van der Waals surface area (Å²) in [5.41, 5.74) is 0. The molecule has 1 aromatic heterocycles. The molecule has 2 N–H and O–H groups in total. The van der Waals surface area contributed by atoms with Crippen LogP contribution in [0, 0.1) is 0 Å². The van der Waals surface area contributed by atoms with Crippen LogP contribution in [0.2, 0.25) is 0 Å². The van der Waals surface area contributed by atoms with Crippen molar-refractivity contribution in [1.29, 1.82) is 0 Å². The average Bonchev–Trinajstić information content (AvgIpc) is 3.07. The molecular weight excluding hydrogens is 400 g/mol. The number of carboxylic acid groups (broad SMARTS) is 1. The topological polar surface area (TPSA) is 147 Å². The van der Waals surface area contributed by atoms with Crippen LogP contribution < -0.4 is 10.2 Å². The third-order valence-electron chi connectivity index (χ3n) is 3.52. The first-order valence-electron chi connectivity index (χ1n) is 7.46. The van der Waals surface area contributed by atoms with Gasteiger partial charge in [-0.3, -0.25) is 19.4 Å². The summed E-state index contributed by atoms with van der Waals surface area (Å²) in [5, 5.41) is 14.6. The van der Waals surface area contributed by atoms with E-state index in [1.54, 1.807) is 7.05 Å². The number of ether oxygens (including phenoxy) is 1. The number of oxime groups is 1. The van der Waals surface area contributed by atoms with E-state index < -0.39 is 17.4 Å². The lowest BCUT2D eigenvalue weighted by Crippen LogP contribution is -2.56. The van der Waals surface area contributed by atoms with Gasteiger partial charge >= 0.3 is 6.16 Å². The van der Waals surface area contributed by atoms with Crippen LogP contribution in [-0.4, -0.2) is 68.5 Å². The molecule has 0 radical (unpaired) electrons. The third kappa shape index (κ3) is 3.80.